The van der Waals surface area contributed by atoms with Crippen molar-refractivity contribution >= 4 is 12.0 Å². The molecule has 2 heterocycles. The number of amides is 2. The minimum Gasteiger partial charge on any atom is -0.467 e. The van der Waals surface area contributed by atoms with Crippen molar-refractivity contribution in [2.24, 2.45) is 0 Å². The molecule has 0 aromatic heterocycles. The van der Waals surface area contributed by atoms with Gasteiger partial charge in [-0.25, -0.2) is 9.59 Å². The van der Waals surface area contributed by atoms with Gasteiger partial charge in [-0.3, -0.25) is 4.90 Å². The van der Waals surface area contributed by atoms with Crippen molar-refractivity contribution in [2.75, 3.05) is 26.8 Å². The lowest BCUT2D eigenvalue weighted by Crippen LogP contribution is -2.47. The highest BCUT2D eigenvalue weighted by molar-refractivity contribution is 5.83. The lowest BCUT2D eigenvalue weighted by atomic mass is 9.99. The molecule has 10 nitrogen and oxygen atoms in total. The van der Waals surface area contributed by atoms with Crippen LogP contribution in [-0.2, 0) is 38.6 Å². The number of hydrogen-bond donors (Lipinski definition) is 4. The number of likely N-dealkylation sites (tertiary alicyclic amines) is 1. The van der Waals surface area contributed by atoms with Crippen LogP contribution in [0.2, 0.25) is 0 Å². The maximum absolute atomic E-state index is 12.7. The highest BCUT2D eigenvalue weighted by Crippen LogP contribution is 2.38. The molecule has 240 valence electrons. The van der Waals surface area contributed by atoms with Crippen LogP contribution < -0.4 is 10.6 Å². The molecule has 3 aromatic carbocycles. The van der Waals surface area contributed by atoms with E-state index in [1.54, 1.807) is 0 Å². The van der Waals surface area contributed by atoms with Crippen LogP contribution >= 0.6 is 0 Å². The van der Waals surface area contributed by atoms with E-state index in [1.165, 1.54) is 7.11 Å². The Balaban J connectivity index is 1.21. The number of rotatable bonds is 12. The van der Waals surface area contributed by atoms with E-state index in [9.17, 15) is 19.8 Å². The van der Waals surface area contributed by atoms with E-state index < -0.39 is 24.3 Å². The number of aliphatic hydroxyl groups is 2. The Morgan fingerprint density at radius 2 is 1.64 bits per heavy atom. The Morgan fingerprint density at radius 1 is 0.933 bits per heavy atom. The molecule has 0 unspecified atom stereocenters. The van der Waals surface area contributed by atoms with Gasteiger partial charge in [0.05, 0.1) is 32.5 Å². The van der Waals surface area contributed by atoms with Gasteiger partial charge >= 0.3 is 12.0 Å². The summed E-state index contributed by atoms with van der Waals surface area (Å²) in [4.78, 5) is 27.3. The number of aliphatic hydroxyl groups excluding tert-OH is 2. The molecule has 5 atom stereocenters. The molecule has 2 aliphatic heterocycles. The molecule has 2 amide bonds. The van der Waals surface area contributed by atoms with Gasteiger partial charge in [-0.05, 0) is 41.6 Å². The van der Waals surface area contributed by atoms with E-state index in [0.29, 0.717) is 19.4 Å². The number of hydrogen-bond acceptors (Lipinski definition) is 8. The molecule has 0 radical (unpaired) electrons. The average molecular weight is 618 g/mol. The Kier molecular flexibility index (Phi) is 11.6. The zero-order valence-electron chi connectivity index (χ0n) is 25.6. The normalized spacial score (nSPS) is 22.5. The topological polar surface area (TPSA) is 130 Å². The summed E-state index contributed by atoms with van der Waals surface area (Å²) in [5, 5.41) is 24.9. The second-order valence-electron chi connectivity index (χ2n) is 11.7. The summed E-state index contributed by atoms with van der Waals surface area (Å²) in [6.45, 7) is 2.04. The van der Waals surface area contributed by atoms with E-state index >= 15 is 0 Å². The average Bonchev–Trinajstić information content (AvgIpc) is 3.54. The Morgan fingerprint density at radius 3 is 2.33 bits per heavy atom. The standard InChI is InChI=1S/C35H43N3O7/c1-43-33(41)31(18-24-6-3-2-4-7-24)37-35(42)36-20-25-9-15-28(16-10-25)34-44-30(21-38-17-5-8-29(38)23-40)19-32(45-34)27-13-11-26(22-39)12-14-27/h2-4,6-7,9-16,29-32,34,39-40H,5,8,17-23H2,1H3,(H2,36,37,42)/t29-,30+,31-,32-,34-/m0/s1. The summed E-state index contributed by atoms with van der Waals surface area (Å²) >= 11 is 0. The number of benzene rings is 3. The largest absolute Gasteiger partial charge is 0.467 e. The molecule has 4 N–H and O–H groups in total. The third-order valence-corrected chi connectivity index (χ3v) is 8.54. The molecule has 2 saturated heterocycles. The number of carbonyl (C=O) groups is 2. The van der Waals surface area contributed by atoms with Crippen LogP contribution in [0.1, 0.15) is 59.5 Å². The van der Waals surface area contributed by atoms with Gasteiger partial charge in [-0.2, -0.15) is 0 Å². The summed E-state index contributed by atoms with van der Waals surface area (Å²) in [5.74, 6) is -0.511. The number of methoxy groups -OCH3 is 1. The van der Waals surface area contributed by atoms with Crippen molar-refractivity contribution in [2.45, 2.75) is 69.4 Å². The fourth-order valence-corrected chi connectivity index (χ4v) is 6.01. The van der Waals surface area contributed by atoms with E-state index in [4.69, 9.17) is 14.2 Å². The van der Waals surface area contributed by atoms with Gasteiger partial charge in [-0.1, -0.05) is 78.9 Å². The summed E-state index contributed by atoms with van der Waals surface area (Å²) < 4.78 is 17.8. The predicted octanol–water partition coefficient (Wildman–Crippen LogP) is 3.76. The lowest BCUT2D eigenvalue weighted by molar-refractivity contribution is -0.253. The van der Waals surface area contributed by atoms with Gasteiger partial charge in [0.1, 0.15) is 6.04 Å². The van der Waals surface area contributed by atoms with Gasteiger partial charge in [-0.15, -0.1) is 0 Å². The molecular weight excluding hydrogens is 574 g/mol. The molecule has 45 heavy (non-hydrogen) atoms. The van der Waals surface area contributed by atoms with Crippen molar-refractivity contribution in [3.63, 3.8) is 0 Å². The molecule has 10 heteroatoms. The van der Waals surface area contributed by atoms with Crippen LogP contribution in [-0.4, -0.2) is 72.1 Å². The van der Waals surface area contributed by atoms with Crippen LogP contribution in [0.15, 0.2) is 78.9 Å². The first-order valence-electron chi connectivity index (χ1n) is 15.6. The zero-order valence-corrected chi connectivity index (χ0v) is 25.6. The number of esters is 1. The molecule has 2 fully saturated rings. The third-order valence-electron chi connectivity index (χ3n) is 8.54. The van der Waals surface area contributed by atoms with E-state index in [2.05, 4.69) is 15.5 Å². The first kappa shape index (κ1) is 32.6. The molecule has 0 saturated carbocycles. The number of nitrogens with one attached hydrogen (secondary N) is 2. The lowest BCUT2D eigenvalue weighted by Gasteiger charge is -2.38. The molecular formula is C35H43N3O7. The smallest absolute Gasteiger partial charge is 0.328 e. The molecule has 0 bridgehead atoms. The van der Waals surface area contributed by atoms with Crippen molar-refractivity contribution in [1.29, 1.82) is 0 Å². The fourth-order valence-electron chi connectivity index (χ4n) is 6.01. The van der Waals surface area contributed by atoms with Crippen LogP contribution in [0.4, 0.5) is 4.79 Å². The Hall–Kier alpha value is -3.80. The number of ether oxygens (including phenoxy) is 3. The Labute approximate surface area is 264 Å². The quantitative estimate of drug-likeness (QED) is 0.226. The van der Waals surface area contributed by atoms with Crippen LogP contribution in [0.25, 0.3) is 0 Å². The summed E-state index contributed by atoms with van der Waals surface area (Å²) in [5.41, 5.74) is 4.51. The highest BCUT2D eigenvalue weighted by Gasteiger charge is 2.35. The summed E-state index contributed by atoms with van der Waals surface area (Å²) in [7, 11) is 1.30. The monoisotopic (exact) mass is 617 g/mol. The highest BCUT2D eigenvalue weighted by atomic mass is 16.7. The predicted molar refractivity (Wildman–Crippen MR) is 168 cm³/mol. The first-order chi connectivity index (χ1) is 21.9. The van der Waals surface area contributed by atoms with Crippen molar-refractivity contribution in [1.82, 2.24) is 15.5 Å². The molecule has 3 aromatic rings. The third kappa shape index (κ3) is 8.90. The first-order valence-corrected chi connectivity index (χ1v) is 15.6. The van der Waals surface area contributed by atoms with Gasteiger partial charge in [0, 0.05) is 37.5 Å². The van der Waals surface area contributed by atoms with Gasteiger partial charge in [0.2, 0.25) is 0 Å². The number of urea groups is 1. The van der Waals surface area contributed by atoms with Gasteiger partial charge < -0.3 is 35.1 Å². The van der Waals surface area contributed by atoms with Crippen LogP contribution in [0, 0.1) is 0 Å². The minimum atomic E-state index is -0.811. The van der Waals surface area contributed by atoms with Crippen molar-refractivity contribution in [3.8, 4) is 0 Å². The maximum Gasteiger partial charge on any atom is 0.328 e. The van der Waals surface area contributed by atoms with Gasteiger partial charge in [0.25, 0.3) is 0 Å². The number of carbonyl (C=O) groups excluding carboxylic acids is 2. The fraction of sp³-hybridized carbons (Fsp3) is 0.429. The second kappa shape index (κ2) is 16.0. The summed E-state index contributed by atoms with van der Waals surface area (Å²) in [6.07, 6.45) is 2.17. The molecule has 5 rings (SSSR count). The molecule has 0 aliphatic carbocycles. The van der Waals surface area contributed by atoms with Crippen LogP contribution in [0.5, 0.6) is 0 Å². The summed E-state index contributed by atoms with van der Waals surface area (Å²) in [6, 6.07) is 23.8. The van der Waals surface area contributed by atoms with Crippen molar-refractivity contribution < 1.29 is 34.0 Å². The zero-order chi connectivity index (χ0) is 31.6. The van der Waals surface area contributed by atoms with E-state index in [-0.39, 0.29) is 38.0 Å². The van der Waals surface area contributed by atoms with Gasteiger partial charge in [0.15, 0.2) is 6.29 Å². The van der Waals surface area contributed by atoms with E-state index in [1.807, 2.05) is 78.9 Å². The molecule has 0 spiro atoms. The minimum absolute atomic E-state index is 0.0138. The Bertz CT molecular complexity index is 1370. The van der Waals surface area contributed by atoms with Crippen LogP contribution in [0.3, 0.4) is 0 Å². The van der Waals surface area contributed by atoms with Crippen molar-refractivity contribution in [3.05, 3.63) is 107 Å². The number of nitrogens with zero attached hydrogens (tertiary/aromatic N) is 1. The molecule has 2 aliphatic rings. The maximum atomic E-state index is 12.7. The second-order valence-corrected chi connectivity index (χ2v) is 11.7. The van der Waals surface area contributed by atoms with E-state index in [0.717, 1.165) is 47.2 Å². The SMILES string of the molecule is COC(=O)[C@H](Cc1ccccc1)NC(=O)NCc1ccc([C@H]2O[C@@H](CN3CCC[C@H]3CO)C[C@@H](c3ccc(CO)cc3)O2)cc1.